The summed E-state index contributed by atoms with van der Waals surface area (Å²) in [4.78, 5) is 10.1. The van der Waals surface area contributed by atoms with E-state index in [1.807, 2.05) is 6.92 Å². The van der Waals surface area contributed by atoms with Gasteiger partial charge in [0.2, 0.25) is 0 Å². The van der Waals surface area contributed by atoms with Crippen LogP contribution in [-0.4, -0.2) is 21.9 Å². The lowest BCUT2D eigenvalue weighted by Crippen LogP contribution is -2.30. The number of hydrogen-bond acceptors (Lipinski definition) is 2. The normalized spacial score (nSPS) is 16.8. The van der Waals surface area contributed by atoms with Crippen LogP contribution in [0.3, 0.4) is 0 Å². The molecule has 0 saturated heterocycles. The highest BCUT2D eigenvalue weighted by atomic mass is 79.9. The molecule has 3 nitrogen and oxygen atoms in total. The lowest BCUT2D eigenvalue weighted by atomic mass is 10.2. The Hall–Kier alpha value is -0.0900. The fourth-order valence-corrected chi connectivity index (χ4v) is 0.551. The number of nitrogens with two attached hydrogens (primary N) is 1. The summed E-state index contributed by atoms with van der Waals surface area (Å²) in [6.07, 6.45) is 0.0203. The predicted octanol–water partition coefficient (Wildman–Crippen LogP) is 0.572. The van der Waals surface area contributed by atoms with Gasteiger partial charge >= 0.3 is 5.97 Å². The summed E-state index contributed by atoms with van der Waals surface area (Å²) < 4.78 is 0. The molecular formula is C5H10BrNO2. The van der Waals surface area contributed by atoms with Crippen molar-refractivity contribution in [2.45, 2.75) is 24.2 Å². The molecule has 0 fully saturated rings. The number of hydrogen-bond donors (Lipinski definition) is 2. The van der Waals surface area contributed by atoms with Gasteiger partial charge in [0, 0.05) is 10.9 Å². The highest BCUT2D eigenvalue weighted by molar-refractivity contribution is 9.09. The minimum absolute atomic E-state index is 0.0203. The molecule has 0 aliphatic heterocycles. The summed E-state index contributed by atoms with van der Waals surface area (Å²) in [6.45, 7) is 1.83. The second-order valence-electron chi connectivity index (χ2n) is 1.94. The van der Waals surface area contributed by atoms with Crippen molar-refractivity contribution in [1.82, 2.24) is 0 Å². The van der Waals surface area contributed by atoms with Crippen molar-refractivity contribution in [3.05, 3.63) is 0 Å². The van der Waals surface area contributed by atoms with Gasteiger partial charge in [0.25, 0.3) is 0 Å². The average molecular weight is 196 g/mol. The lowest BCUT2D eigenvalue weighted by molar-refractivity contribution is -0.137. The van der Waals surface area contributed by atoms with Gasteiger partial charge in [-0.2, -0.15) is 0 Å². The van der Waals surface area contributed by atoms with Gasteiger partial charge < -0.3 is 10.8 Å². The summed E-state index contributed by atoms with van der Waals surface area (Å²) in [6, 6.07) is -0.289. The number of alkyl halides is 1. The van der Waals surface area contributed by atoms with E-state index in [1.165, 1.54) is 0 Å². The highest BCUT2D eigenvalue weighted by Gasteiger charge is 2.12. The third-order valence-corrected chi connectivity index (χ3v) is 1.68. The van der Waals surface area contributed by atoms with Gasteiger partial charge in [0.15, 0.2) is 0 Å². The number of carboxylic acids is 1. The Morgan fingerprint density at radius 3 is 2.44 bits per heavy atom. The lowest BCUT2D eigenvalue weighted by Gasteiger charge is -2.09. The van der Waals surface area contributed by atoms with E-state index in [2.05, 4.69) is 15.9 Å². The fourth-order valence-electron chi connectivity index (χ4n) is 0.364. The second-order valence-corrected chi connectivity index (χ2v) is 3.38. The standard InChI is InChI=1S/C5H10BrNO2/c1-3(6)4(7)2-5(8)9/h3-4H,2,7H2,1H3,(H,8,9)/t3-,4?/m0/s1. The van der Waals surface area contributed by atoms with Gasteiger partial charge in [-0.05, 0) is 0 Å². The molecule has 0 saturated carbocycles. The van der Waals surface area contributed by atoms with Crippen LogP contribution in [0.2, 0.25) is 0 Å². The third kappa shape index (κ3) is 4.42. The maximum Gasteiger partial charge on any atom is 0.304 e. The van der Waals surface area contributed by atoms with Gasteiger partial charge in [-0.1, -0.05) is 22.9 Å². The Bertz CT molecular complexity index is 105. The molecule has 0 aliphatic rings. The summed E-state index contributed by atoms with van der Waals surface area (Å²) in [5.41, 5.74) is 5.39. The Morgan fingerprint density at radius 2 is 2.33 bits per heavy atom. The molecule has 0 rings (SSSR count). The van der Waals surface area contributed by atoms with E-state index in [0.29, 0.717) is 0 Å². The average Bonchev–Trinajstić information content (AvgIpc) is 1.63. The van der Waals surface area contributed by atoms with Crippen molar-refractivity contribution in [2.75, 3.05) is 0 Å². The van der Waals surface area contributed by atoms with E-state index in [0.717, 1.165) is 0 Å². The van der Waals surface area contributed by atoms with Gasteiger partial charge in [-0.25, -0.2) is 0 Å². The maximum absolute atomic E-state index is 10.0. The predicted molar refractivity (Wildman–Crippen MR) is 38.6 cm³/mol. The minimum atomic E-state index is -0.853. The molecule has 0 aromatic heterocycles. The van der Waals surface area contributed by atoms with Gasteiger partial charge in [-0.3, -0.25) is 4.79 Å². The van der Waals surface area contributed by atoms with E-state index < -0.39 is 5.97 Å². The first kappa shape index (κ1) is 8.91. The molecular weight excluding hydrogens is 186 g/mol. The molecule has 3 N–H and O–H groups in total. The van der Waals surface area contributed by atoms with Gasteiger partial charge in [-0.15, -0.1) is 0 Å². The number of rotatable bonds is 3. The Labute approximate surface area is 62.4 Å². The molecule has 0 heterocycles. The van der Waals surface area contributed by atoms with Crippen molar-refractivity contribution in [1.29, 1.82) is 0 Å². The third-order valence-electron chi connectivity index (χ3n) is 1.00. The first-order valence-electron chi connectivity index (χ1n) is 2.65. The van der Waals surface area contributed by atoms with Crippen LogP contribution in [0.25, 0.3) is 0 Å². The molecule has 0 bridgehead atoms. The molecule has 9 heavy (non-hydrogen) atoms. The second kappa shape index (κ2) is 3.85. The Kier molecular flexibility index (Phi) is 3.81. The topological polar surface area (TPSA) is 63.3 Å². The smallest absolute Gasteiger partial charge is 0.304 e. The zero-order chi connectivity index (χ0) is 7.44. The Morgan fingerprint density at radius 1 is 1.89 bits per heavy atom. The first-order valence-corrected chi connectivity index (χ1v) is 3.57. The van der Waals surface area contributed by atoms with Crippen LogP contribution in [-0.2, 0) is 4.79 Å². The van der Waals surface area contributed by atoms with Crippen molar-refractivity contribution in [3.63, 3.8) is 0 Å². The van der Waals surface area contributed by atoms with E-state index in [1.54, 1.807) is 0 Å². The summed E-state index contributed by atoms with van der Waals surface area (Å²) in [7, 11) is 0. The van der Waals surface area contributed by atoms with Crippen LogP contribution in [0.4, 0.5) is 0 Å². The molecule has 0 radical (unpaired) electrons. The summed E-state index contributed by atoms with van der Waals surface area (Å²) in [5, 5.41) is 8.23. The highest BCUT2D eigenvalue weighted by Crippen LogP contribution is 2.04. The van der Waals surface area contributed by atoms with Crippen molar-refractivity contribution < 1.29 is 9.90 Å². The van der Waals surface area contributed by atoms with Crippen LogP contribution >= 0.6 is 15.9 Å². The van der Waals surface area contributed by atoms with E-state index >= 15 is 0 Å². The van der Waals surface area contributed by atoms with E-state index in [-0.39, 0.29) is 17.3 Å². The molecule has 2 atom stereocenters. The molecule has 0 aromatic carbocycles. The van der Waals surface area contributed by atoms with Gasteiger partial charge in [0.1, 0.15) is 0 Å². The minimum Gasteiger partial charge on any atom is -0.481 e. The van der Waals surface area contributed by atoms with E-state index in [4.69, 9.17) is 10.8 Å². The SMILES string of the molecule is C[C@H](Br)C(N)CC(=O)O. The number of carboxylic acid groups (broad SMARTS) is 1. The first-order chi connectivity index (χ1) is 4.04. The van der Waals surface area contributed by atoms with Crippen LogP contribution in [0.1, 0.15) is 13.3 Å². The van der Waals surface area contributed by atoms with E-state index in [9.17, 15) is 4.79 Å². The van der Waals surface area contributed by atoms with Crippen molar-refractivity contribution in [2.24, 2.45) is 5.73 Å². The zero-order valence-corrected chi connectivity index (χ0v) is 6.76. The van der Waals surface area contributed by atoms with Crippen LogP contribution in [0.15, 0.2) is 0 Å². The van der Waals surface area contributed by atoms with Crippen molar-refractivity contribution in [3.8, 4) is 0 Å². The van der Waals surface area contributed by atoms with Crippen LogP contribution in [0.5, 0.6) is 0 Å². The fraction of sp³-hybridized carbons (Fsp3) is 0.800. The molecule has 1 unspecified atom stereocenters. The number of halogens is 1. The molecule has 0 amide bonds. The van der Waals surface area contributed by atoms with Gasteiger partial charge in [0.05, 0.1) is 6.42 Å². The Balaban J connectivity index is 3.50. The molecule has 0 aliphatic carbocycles. The monoisotopic (exact) mass is 195 g/mol. The molecule has 0 spiro atoms. The summed E-state index contributed by atoms with van der Waals surface area (Å²) in [5.74, 6) is -0.853. The quantitative estimate of drug-likeness (QED) is 0.648. The van der Waals surface area contributed by atoms with Crippen LogP contribution < -0.4 is 5.73 Å². The zero-order valence-electron chi connectivity index (χ0n) is 5.17. The number of aliphatic carboxylic acids is 1. The largest absolute Gasteiger partial charge is 0.481 e. The molecule has 0 aromatic rings. The van der Waals surface area contributed by atoms with Crippen molar-refractivity contribution >= 4 is 21.9 Å². The van der Waals surface area contributed by atoms with Crippen LogP contribution in [0, 0.1) is 0 Å². The maximum atomic E-state index is 10.0. The number of carbonyl (C=O) groups is 1. The molecule has 54 valence electrons. The molecule has 4 heteroatoms. The summed E-state index contributed by atoms with van der Waals surface area (Å²) >= 11 is 3.18.